The Bertz CT molecular complexity index is 1050. The van der Waals surface area contributed by atoms with Gasteiger partial charge in [-0.3, -0.25) is 9.59 Å². The van der Waals surface area contributed by atoms with Gasteiger partial charge in [0.2, 0.25) is 0 Å². The van der Waals surface area contributed by atoms with E-state index < -0.39 is 17.7 Å². The number of likely N-dealkylation sites (tertiary alicyclic amines) is 1. The van der Waals surface area contributed by atoms with Crippen molar-refractivity contribution in [2.24, 2.45) is 5.92 Å². The molecule has 1 saturated heterocycles. The molecule has 1 amide bonds. The Morgan fingerprint density at radius 3 is 2.43 bits per heavy atom. The molecule has 3 rings (SSSR count). The third kappa shape index (κ3) is 6.22. The number of Topliss-reactive ketones (excluding diaryl/α,β-unsaturated/α-hetero) is 1. The highest BCUT2D eigenvalue weighted by atomic mass is 16.5. The summed E-state index contributed by atoms with van der Waals surface area (Å²) in [6, 6.07) is 13.5. The fourth-order valence-corrected chi connectivity index (χ4v) is 4.07. The number of amides is 1. The molecule has 1 aliphatic heterocycles. The van der Waals surface area contributed by atoms with Crippen molar-refractivity contribution in [2.45, 2.75) is 39.7 Å². The quantitative estimate of drug-likeness (QED) is 0.199. The van der Waals surface area contributed by atoms with Crippen LogP contribution in [0.5, 0.6) is 11.5 Å². The maximum atomic E-state index is 13.1. The van der Waals surface area contributed by atoms with Crippen LogP contribution in [0.1, 0.15) is 50.8 Å². The molecule has 2 aromatic rings. The van der Waals surface area contributed by atoms with Crippen molar-refractivity contribution in [3.8, 4) is 11.5 Å². The summed E-state index contributed by atoms with van der Waals surface area (Å²) in [6.07, 6.45) is 1.46. The normalized spacial score (nSPS) is 17.3. The van der Waals surface area contributed by atoms with Crippen LogP contribution >= 0.6 is 0 Å². The molecule has 1 N–H and O–H groups in total. The van der Waals surface area contributed by atoms with Crippen LogP contribution in [0.2, 0.25) is 0 Å². The lowest BCUT2D eigenvalue weighted by Gasteiger charge is -2.26. The van der Waals surface area contributed by atoms with E-state index in [1.807, 2.05) is 19.1 Å². The number of ether oxygens (including phenoxy) is 3. The summed E-state index contributed by atoms with van der Waals surface area (Å²) in [5.74, 6) is 0.113. The van der Waals surface area contributed by atoms with Crippen molar-refractivity contribution in [1.29, 1.82) is 0 Å². The molecule has 0 radical (unpaired) electrons. The molecule has 0 aliphatic carbocycles. The summed E-state index contributed by atoms with van der Waals surface area (Å²) in [6.45, 7) is 7.90. The number of hydrogen-bond acceptors (Lipinski definition) is 6. The predicted octanol–water partition coefficient (Wildman–Crippen LogP) is 4.97. The molecule has 1 unspecified atom stereocenters. The summed E-state index contributed by atoms with van der Waals surface area (Å²) in [5.41, 5.74) is 1.21. The van der Waals surface area contributed by atoms with Crippen LogP contribution < -0.4 is 9.47 Å². The molecule has 7 nitrogen and oxygen atoms in total. The Morgan fingerprint density at radius 2 is 1.77 bits per heavy atom. The number of nitrogens with zero attached hydrogens (tertiary/aromatic N) is 1. The minimum absolute atomic E-state index is 0.0644. The van der Waals surface area contributed by atoms with Gasteiger partial charge in [0.1, 0.15) is 5.76 Å². The molecule has 2 aromatic carbocycles. The van der Waals surface area contributed by atoms with Gasteiger partial charge in [-0.15, -0.1) is 0 Å². The summed E-state index contributed by atoms with van der Waals surface area (Å²) >= 11 is 0. The van der Waals surface area contributed by atoms with E-state index in [0.29, 0.717) is 61.3 Å². The number of carbonyl (C=O) groups excluding carboxylic acids is 2. The topological polar surface area (TPSA) is 85.3 Å². The summed E-state index contributed by atoms with van der Waals surface area (Å²) < 4.78 is 17.0. The molecule has 0 spiro atoms. The molecular weight excluding hydrogens is 446 g/mol. The first-order valence-electron chi connectivity index (χ1n) is 12.1. The van der Waals surface area contributed by atoms with Gasteiger partial charge in [-0.25, -0.2) is 0 Å². The van der Waals surface area contributed by atoms with E-state index in [1.54, 1.807) is 43.5 Å². The van der Waals surface area contributed by atoms with Gasteiger partial charge in [0.15, 0.2) is 11.5 Å². The number of rotatable bonds is 12. The summed E-state index contributed by atoms with van der Waals surface area (Å²) in [7, 11) is 1.59. The molecule has 0 bridgehead atoms. The van der Waals surface area contributed by atoms with Crippen molar-refractivity contribution >= 4 is 17.4 Å². The highest BCUT2D eigenvalue weighted by molar-refractivity contribution is 6.46. The van der Waals surface area contributed by atoms with Gasteiger partial charge in [-0.1, -0.05) is 50.2 Å². The molecule has 1 aliphatic rings. The minimum Gasteiger partial charge on any atom is -0.507 e. The van der Waals surface area contributed by atoms with E-state index in [0.717, 1.165) is 6.42 Å². The largest absolute Gasteiger partial charge is 0.507 e. The fourth-order valence-electron chi connectivity index (χ4n) is 4.07. The number of benzene rings is 2. The molecule has 35 heavy (non-hydrogen) atoms. The van der Waals surface area contributed by atoms with Crippen molar-refractivity contribution in [2.75, 3.05) is 33.5 Å². The fraction of sp³-hybridized carbons (Fsp3) is 0.429. The molecule has 0 aromatic heterocycles. The number of hydrogen-bond donors (Lipinski definition) is 1. The SMILES string of the molecule is CCOc1cc(C2/C(=C(\O)c3ccccc3)C(=O)C(=O)N2CCCOC)ccc1OCCC(C)C. The maximum Gasteiger partial charge on any atom is 0.295 e. The smallest absolute Gasteiger partial charge is 0.295 e. The summed E-state index contributed by atoms with van der Waals surface area (Å²) in [5, 5.41) is 11.1. The highest BCUT2D eigenvalue weighted by Crippen LogP contribution is 2.42. The molecule has 1 fully saturated rings. The Morgan fingerprint density at radius 1 is 1.03 bits per heavy atom. The van der Waals surface area contributed by atoms with E-state index in [1.165, 1.54) is 4.90 Å². The number of aliphatic hydroxyl groups excluding tert-OH is 1. The first kappa shape index (κ1) is 26.3. The van der Waals surface area contributed by atoms with Crippen molar-refractivity contribution in [1.82, 2.24) is 4.90 Å². The third-order valence-corrected chi connectivity index (χ3v) is 5.87. The first-order chi connectivity index (χ1) is 16.9. The molecule has 0 saturated carbocycles. The Labute approximate surface area is 207 Å². The van der Waals surface area contributed by atoms with Crippen LogP contribution in [0.4, 0.5) is 0 Å². The van der Waals surface area contributed by atoms with Gasteiger partial charge < -0.3 is 24.2 Å². The Balaban J connectivity index is 2.07. The Hall–Kier alpha value is -3.32. The van der Waals surface area contributed by atoms with Gasteiger partial charge in [-0.05, 0) is 43.4 Å². The number of aliphatic hydroxyl groups is 1. The molecule has 188 valence electrons. The van der Waals surface area contributed by atoms with E-state index in [2.05, 4.69) is 13.8 Å². The molecule has 1 heterocycles. The van der Waals surface area contributed by atoms with E-state index in [4.69, 9.17) is 14.2 Å². The molecule has 1 atom stereocenters. The van der Waals surface area contributed by atoms with Gasteiger partial charge in [0.05, 0.1) is 24.8 Å². The second-order valence-corrected chi connectivity index (χ2v) is 8.88. The van der Waals surface area contributed by atoms with E-state index in [-0.39, 0.29) is 11.3 Å². The first-order valence-corrected chi connectivity index (χ1v) is 12.1. The lowest BCUT2D eigenvalue weighted by Crippen LogP contribution is -2.31. The summed E-state index contributed by atoms with van der Waals surface area (Å²) in [4.78, 5) is 27.7. The second kappa shape index (κ2) is 12.4. The number of carbonyl (C=O) groups is 2. The standard InChI is InChI=1S/C28H35NO6/c1-5-34-23-18-21(12-13-22(23)35-17-14-19(2)3)25-24(26(30)20-10-7-6-8-11-20)27(31)28(32)29(25)15-9-16-33-4/h6-8,10-13,18-19,25,30H,5,9,14-17H2,1-4H3/b26-24+. The monoisotopic (exact) mass is 481 g/mol. The van der Waals surface area contributed by atoms with E-state index >= 15 is 0 Å². The van der Waals surface area contributed by atoms with Crippen LogP contribution in [0.15, 0.2) is 54.1 Å². The van der Waals surface area contributed by atoms with Crippen molar-refractivity contribution < 1.29 is 28.9 Å². The lowest BCUT2D eigenvalue weighted by atomic mass is 9.95. The minimum atomic E-state index is -0.754. The molecular formula is C28H35NO6. The predicted molar refractivity (Wildman–Crippen MR) is 135 cm³/mol. The zero-order chi connectivity index (χ0) is 25.4. The Kier molecular flexibility index (Phi) is 9.32. The van der Waals surface area contributed by atoms with Crippen LogP contribution in [0.3, 0.4) is 0 Å². The van der Waals surface area contributed by atoms with Gasteiger partial charge in [-0.2, -0.15) is 0 Å². The van der Waals surface area contributed by atoms with Crippen LogP contribution in [0, 0.1) is 5.92 Å². The van der Waals surface area contributed by atoms with Gasteiger partial charge in [0.25, 0.3) is 11.7 Å². The second-order valence-electron chi connectivity index (χ2n) is 8.88. The van der Waals surface area contributed by atoms with Crippen LogP contribution in [0.25, 0.3) is 5.76 Å². The zero-order valence-electron chi connectivity index (χ0n) is 21.0. The average molecular weight is 482 g/mol. The molecule has 7 heteroatoms. The van der Waals surface area contributed by atoms with Crippen LogP contribution in [-0.4, -0.2) is 55.2 Å². The average Bonchev–Trinajstić information content (AvgIpc) is 3.10. The maximum absolute atomic E-state index is 13.1. The van der Waals surface area contributed by atoms with Crippen molar-refractivity contribution in [3.63, 3.8) is 0 Å². The third-order valence-electron chi connectivity index (χ3n) is 5.87. The number of ketones is 1. The zero-order valence-corrected chi connectivity index (χ0v) is 21.0. The number of methoxy groups -OCH3 is 1. The highest BCUT2D eigenvalue weighted by Gasteiger charge is 2.46. The van der Waals surface area contributed by atoms with Gasteiger partial charge in [0, 0.05) is 25.8 Å². The van der Waals surface area contributed by atoms with Gasteiger partial charge >= 0.3 is 0 Å². The van der Waals surface area contributed by atoms with Crippen LogP contribution in [-0.2, 0) is 14.3 Å². The lowest BCUT2D eigenvalue weighted by molar-refractivity contribution is -0.140. The van der Waals surface area contributed by atoms with Crippen molar-refractivity contribution in [3.05, 3.63) is 65.2 Å². The van der Waals surface area contributed by atoms with E-state index in [9.17, 15) is 14.7 Å².